The zero-order valence-corrected chi connectivity index (χ0v) is 21.1. The van der Waals surface area contributed by atoms with Gasteiger partial charge in [-0.25, -0.2) is 8.42 Å². The molecule has 0 unspecified atom stereocenters. The monoisotopic (exact) mass is 504 g/mol. The van der Waals surface area contributed by atoms with Crippen molar-refractivity contribution in [3.05, 3.63) is 41.7 Å². The van der Waals surface area contributed by atoms with Gasteiger partial charge in [0.1, 0.15) is 12.3 Å². The molecule has 0 radical (unpaired) electrons. The minimum atomic E-state index is -3.83. The first-order valence-electron chi connectivity index (χ1n) is 11.5. The van der Waals surface area contributed by atoms with Crippen LogP contribution in [0.2, 0.25) is 0 Å². The van der Waals surface area contributed by atoms with Gasteiger partial charge < -0.3 is 14.8 Å². The maximum absolute atomic E-state index is 13.2. The third-order valence-electron chi connectivity index (χ3n) is 5.83. The molecular formula is C23H32N6O5S. The molecule has 190 valence electrons. The van der Waals surface area contributed by atoms with Crippen LogP contribution in [-0.2, 0) is 37.4 Å². The number of nitrogens with zero attached hydrogens (tertiary/aromatic N) is 5. The Labute approximate surface area is 206 Å². The molecule has 11 nitrogen and oxygen atoms in total. The molecule has 35 heavy (non-hydrogen) atoms. The quantitative estimate of drug-likeness (QED) is 0.610. The van der Waals surface area contributed by atoms with Crippen LogP contribution in [0, 0.1) is 17.2 Å². The fourth-order valence-corrected chi connectivity index (χ4v) is 4.84. The van der Waals surface area contributed by atoms with Gasteiger partial charge in [-0.3, -0.25) is 9.48 Å². The van der Waals surface area contributed by atoms with Crippen molar-refractivity contribution >= 4 is 16.0 Å². The number of hydrogen-bond acceptors (Lipinski definition) is 9. The zero-order valence-electron chi connectivity index (χ0n) is 20.3. The van der Waals surface area contributed by atoms with Crippen molar-refractivity contribution in [3.8, 4) is 6.07 Å². The second-order valence-electron chi connectivity index (χ2n) is 8.82. The number of ether oxygens (including phenoxy) is 2. The number of fused-ring (bicyclic) bond motifs is 2. The lowest BCUT2D eigenvalue weighted by atomic mass is 10.0. The number of aromatic nitrogens is 3. The van der Waals surface area contributed by atoms with Crippen LogP contribution in [-0.4, -0.2) is 72.6 Å². The van der Waals surface area contributed by atoms with E-state index in [0.717, 1.165) is 0 Å². The number of sulfonamides is 1. The van der Waals surface area contributed by atoms with E-state index in [1.54, 1.807) is 23.0 Å². The summed E-state index contributed by atoms with van der Waals surface area (Å²) in [5.74, 6) is -0.341. The Hall–Kier alpha value is -2.85. The standard InChI is InChI=1S/C23H32N6O5S/c1-17-12-25-18(2)15-34-23(30)8-5-9-29-13-20(26-27-29)16-33-22(17)14-28(3)35(31,32)21-7-4-6-19(10-21)11-24/h4,6-7,10,13,17-18,22,25H,5,8-9,12,14-16H2,1-3H3/t17-,18-,22-/m1/s1. The summed E-state index contributed by atoms with van der Waals surface area (Å²) in [5.41, 5.74) is 0.890. The molecule has 1 aromatic carbocycles. The molecule has 12 heteroatoms. The molecule has 1 N–H and O–H groups in total. The smallest absolute Gasteiger partial charge is 0.305 e. The summed E-state index contributed by atoms with van der Waals surface area (Å²) in [5, 5.41) is 20.7. The van der Waals surface area contributed by atoms with Crippen molar-refractivity contribution in [2.75, 3.05) is 26.7 Å². The third-order valence-corrected chi connectivity index (χ3v) is 7.64. The molecule has 2 bridgehead atoms. The van der Waals surface area contributed by atoms with Crippen LogP contribution >= 0.6 is 0 Å². The fraction of sp³-hybridized carbons (Fsp3) is 0.565. The molecular weight excluding hydrogens is 472 g/mol. The summed E-state index contributed by atoms with van der Waals surface area (Å²) < 4.78 is 40.7. The lowest BCUT2D eigenvalue weighted by Crippen LogP contribution is -2.43. The summed E-state index contributed by atoms with van der Waals surface area (Å²) in [6.07, 6.45) is 2.18. The second kappa shape index (κ2) is 12.2. The summed E-state index contributed by atoms with van der Waals surface area (Å²) in [7, 11) is -2.34. The van der Waals surface area contributed by atoms with E-state index in [-0.39, 0.29) is 48.1 Å². The van der Waals surface area contributed by atoms with E-state index in [4.69, 9.17) is 14.7 Å². The van der Waals surface area contributed by atoms with Gasteiger partial charge in [-0.15, -0.1) is 5.10 Å². The van der Waals surface area contributed by atoms with Crippen LogP contribution in [0.5, 0.6) is 0 Å². The van der Waals surface area contributed by atoms with Crippen LogP contribution in [0.3, 0.4) is 0 Å². The molecule has 1 aromatic heterocycles. The number of benzene rings is 1. The number of carbonyl (C=O) groups excluding carboxylic acids is 1. The van der Waals surface area contributed by atoms with Crippen LogP contribution in [0.4, 0.5) is 0 Å². The number of hydrogen-bond donors (Lipinski definition) is 1. The highest BCUT2D eigenvalue weighted by molar-refractivity contribution is 7.89. The summed E-state index contributed by atoms with van der Waals surface area (Å²) in [6.45, 7) is 5.45. The average molecular weight is 505 g/mol. The number of carbonyl (C=O) groups is 1. The molecule has 3 rings (SSSR count). The molecule has 0 amide bonds. The van der Waals surface area contributed by atoms with Gasteiger partial charge >= 0.3 is 5.97 Å². The first kappa shape index (κ1) is 26.7. The van der Waals surface area contributed by atoms with Gasteiger partial charge in [-0.1, -0.05) is 18.2 Å². The number of nitriles is 1. The Morgan fingerprint density at radius 1 is 1.34 bits per heavy atom. The number of nitrogens with one attached hydrogen (secondary N) is 1. The molecule has 1 aliphatic heterocycles. The van der Waals surface area contributed by atoms with Gasteiger partial charge in [-0.2, -0.15) is 9.57 Å². The second-order valence-corrected chi connectivity index (χ2v) is 10.9. The van der Waals surface area contributed by atoms with Crippen molar-refractivity contribution < 1.29 is 22.7 Å². The van der Waals surface area contributed by atoms with Gasteiger partial charge in [-0.05, 0) is 37.5 Å². The maximum atomic E-state index is 13.2. The molecule has 0 aliphatic carbocycles. The van der Waals surface area contributed by atoms with Gasteiger partial charge in [0.2, 0.25) is 10.0 Å². The first-order valence-corrected chi connectivity index (χ1v) is 13.0. The van der Waals surface area contributed by atoms with Crippen LogP contribution in [0.25, 0.3) is 0 Å². The number of esters is 1. The molecule has 0 saturated carbocycles. The largest absolute Gasteiger partial charge is 0.464 e. The van der Waals surface area contributed by atoms with Gasteiger partial charge in [0.15, 0.2) is 0 Å². The van der Waals surface area contributed by atoms with Crippen molar-refractivity contribution in [3.63, 3.8) is 0 Å². The minimum Gasteiger partial charge on any atom is -0.464 e. The van der Waals surface area contributed by atoms with E-state index in [9.17, 15) is 13.2 Å². The highest BCUT2D eigenvalue weighted by atomic mass is 32.2. The number of rotatable bonds is 4. The Morgan fingerprint density at radius 3 is 2.91 bits per heavy atom. The third kappa shape index (κ3) is 7.57. The van der Waals surface area contributed by atoms with E-state index in [1.165, 1.54) is 23.5 Å². The lowest BCUT2D eigenvalue weighted by Gasteiger charge is -2.29. The molecule has 3 atom stereocenters. The highest BCUT2D eigenvalue weighted by Crippen LogP contribution is 2.19. The predicted octanol–water partition coefficient (Wildman–Crippen LogP) is 1.31. The van der Waals surface area contributed by atoms with Crippen molar-refractivity contribution in [1.29, 1.82) is 5.26 Å². The molecule has 2 aromatic rings. The topological polar surface area (TPSA) is 139 Å². The number of likely N-dealkylation sites (N-methyl/N-ethyl adjacent to an activating group) is 1. The van der Waals surface area contributed by atoms with Crippen molar-refractivity contribution in [1.82, 2.24) is 24.6 Å². The maximum Gasteiger partial charge on any atom is 0.305 e. The number of cyclic esters (lactones) is 1. The minimum absolute atomic E-state index is 0.0522. The average Bonchev–Trinajstić information content (AvgIpc) is 3.30. The Morgan fingerprint density at radius 2 is 2.14 bits per heavy atom. The summed E-state index contributed by atoms with van der Waals surface area (Å²) in [6, 6.07) is 7.83. The molecule has 0 spiro atoms. The van der Waals surface area contributed by atoms with Crippen LogP contribution in [0.15, 0.2) is 35.4 Å². The predicted molar refractivity (Wildman–Crippen MR) is 126 cm³/mol. The highest BCUT2D eigenvalue weighted by Gasteiger charge is 2.28. The molecule has 0 saturated heterocycles. The van der Waals surface area contributed by atoms with E-state index < -0.39 is 16.1 Å². The van der Waals surface area contributed by atoms with Crippen molar-refractivity contribution in [2.24, 2.45) is 5.92 Å². The Kier molecular flexibility index (Phi) is 9.33. The SMILES string of the molecule is C[C@@H]1COC(=O)CCCn2cc(nn2)CO[C@H](CN(C)S(=O)(=O)c2cccc(C#N)c2)[C@H](C)CN1. The fourth-order valence-electron chi connectivity index (χ4n) is 3.61. The van der Waals surface area contributed by atoms with Crippen molar-refractivity contribution in [2.45, 2.75) is 56.9 Å². The van der Waals surface area contributed by atoms with E-state index in [0.29, 0.717) is 31.6 Å². The Bertz CT molecular complexity index is 1150. The summed E-state index contributed by atoms with van der Waals surface area (Å²) >= 11 is 0. The summed E-state index contributed by atoms with van der Waals surface area (Å²) in [4.78, 5) is 12.0. The molecule has 2 heterocycles. The zero-order chi connectivity index (χ0) is 25.4. The molecule has 1 aliphatic rings. The van der Waals surface area contributed by atoms with E-state index in [2.05, 4.69) is 15.6 Å². The molecule has 0 fully saturated rings. The van der Waals surface area contributed by atoms with Gasteiger partial charge in [0.05, 0.1) is 35.4 Å². The Balaban J connectivity index is 1.77. The van der Waals surface area contributed by atoms with Gasteiger partial charge in [0, 0.05) is 39.1 Å². The lowest BCUT2D eigenvalue weighted by molar-refractivity contribution is -0.144. The van der Waals surface area contributed by atoms with E-state index in [1.807, 2.05) is 19.9 Å². The van der Waals surface area contributed by atoms with Crippen LogP contribution < -0.4 is 5.32 Å². The first-order chi connectivity index (χ1) is 16.7. The van der Waals surface area contributed by atoms with Crippen LogP contribution in [0.1, 0.15) is 37.9 Å². The van der Waals surface area contributed by atoms with E-state index >= 15 is 0 Å². The normalized spacial score (nSPS) is 22.9. The number of aryl methyl sites for hydroxylation is 1. The van der Waals surface area contributed by atoms with Gasteiger partial charge in [0.25, 0.3) is 0 Å².